The summed E-state index contributed by atoms with van der Waals surface area (Å²) in [5.41, 5.74) is 5.27. The van der Waals surface area contributed by atoms with Crippen LogP contribution in [0.25, 0.3) is 0 Å². The smallest absolute Gasteiger partial charge is 0.401 e. The van der Waals surface area contributed by atoms with E-state index in [0.717, 1.165) is 0 Å². The molecule has 0 bridgehead atoms. The van der Waals surface area contributed by atoms with E-state index in [-0.39, 0.29) is 0 Å². The molecule has 0 rings (SSSR count). The van der Waals surface area contributed by atoms with Crippen molar-refractivity contribution in [1.82, 2.24) is 4.90 Å². The highest BCUT2D eigenvalue weighted by molar-refractivity contribution is 5.72. The van der Waals surface area contributed by atoms with Crippen molar-refractivity contribution in [1.29, 1.82) is 0 Å². The summed E-state index contributed by atoms with van der Waals surface area (Å²) in [4.78, 5) is 11.7. The van der Waals surface area contributed by atoms with Gasteiger partial charge in [0, 0.05) is 0 Å². The van der Waals surface area contributed by atoms with Crippen LogP contribution in [0.5, 0.6) is 0 Å². The zero-order valence-corrected chi connectivity index (χ0v) is 9.83. The Morgan fingerprint density at radius 3 is 2.41 bits per heavy atom. The zero-order valence-electron chi connectivity index (χ0n) is 9.83. The lowest BCUT2D eigenvalue weighted by Crippen LogP contribution is -2.35. The maximum atomic E-state index is 12.1. The van der Waals surface area contributed by atoms with Crippen molar-refractivity contribution in [3.05, 3.63) is 0 Å². The average Bonchev–Trinajstić information content (AvgIpc) is 2.20. The Balaban J connectivity index is 3.74. The Bertz CT molecular complexity index is 234. The molecule has 1 atom stereocenters. The number of carboxylic acid groups (broad SMARTS) is 1. The Morgan fingerprint density at radius 1 is 1.41 bits per heavy atom. The third-order valence-corrected chi connectivity index (χ3v) is 2.41. The van der Waals surface area contributed by atoms with Crippen LogP contribution in [0.1, 0.15) is 26.2 Å². The maximum Gasteiger partial charge on any atom is 0.401 e. The number of hydrogen-bond acceptors (Lipinski definition) is 3. The highest BCUT2D eigenvalue weighted by Crippen LogP contribution is 2.16. The first kappa shape index (κ1) is 16.2. The molecular formula is C10H19F3N2O2. The number of nitrogens with two attached hydrogens (primary N) is 1. The molecule has 0 aliphatic carbocycles. The van der Waals surface area contributed by atoms with Gasteiger partial charge in [0.05, 0.1) is 6.54 Å². The molecule has 17 heavy (non-hydrogen) atoms. The van der Waals surface area contributed by atoms with Crippen molar-refractivity contribution in [2.24, 2.45) is 5.73 Å². The van der Waals surface area contributed by atoms with E-state index < -0.39 is 24.7 Å². The molecule has 0 aromatic heterocycles. The lowest BCUT2D eigenvalue weighted by atomic mass is 10.1. The molecule has 0 aromatic rings. The molecule has 4 nitrogen and oxygen atoms in total. The molecule has 0 saturated carbocycles. The van der Waals surface area contributed by atoms with Crippen LogP contribution in [0.4, 0.5) is 13.2 Å². The van der Waals surface area contributed by atoms with Crippen molar-refractivity contribution in [3.63, 3.8) is 0 Å². The van der Waals surface area contributed by atoms with Crippen LogP contribution in [0.3, 0.4) is 0 Å². The van der Waals surface area contributed by atoms with Crippen molar-refractivity contribution < 1.29 is 23.1 Å². The van der Waals surface area contributed by atoms with E-state index in [0.29, 0.717) is 32.4 Å². The van der Waals surface area contributed by atoms with Gasteiger partial charge in [0.25, 0.3) is 0 Å². The fourth-order valence-corrected chi connectivity index (χ4v) is 1.43. The topological polar surface area (TPSA) is 66.6 Å². The van der Waals surface area contributed by atoms with Crippen molar-refractivity contribution in [2.75, 3.05) is 19.6 Å². The Morgan fingerprint density at radius 2 is 2.00 bits per heavy atom. The third-order valence-electron chi connectivity index (χ3n) is 2.41. The molecule has 0 unspecified atom stereocenters. The van der Waals surface area contributed by atoms with Crippen LogP contribution >= 0.6 is 0 Å². The van der Waals surface area contributed by atoms with Gasteiger partial charge in [0.15, 0.2) is 0 Å². The fourth-order valence-electron chi connectivity index (χ4n) is 1.43. The minimum atomic E-state index is -4.19. The lowest BCUT2D eigenvalue weighted by molar-refractivity contribution is -0.145. The molecule has 0 aliphatic rings. The first-order valence-corrected chi connectivity index (χ1v) is 5.53. The average molecular weight is 256 g/mol. The second-order valence-electron chi connectivity index (χ2n) is 3.92. The number of aliphatic carboxylic acids is 1. The molecule has 7 heteroatoms. The molecule has 0 amide bonds. The van der Waals surface area contributed by atoms with E-state index in [4.69, 9.17) is 10.8 Å². The molecule has 0 aliphatic heterocycles. The summed E-state index contributed by atoms with van der Waals surface area (Å²) >= 11 is 0. The molecule has 0 saturated heterocycles. The number of rotatable bonds is 8. The van der Waals surface area contributed by atoms with Gasteiger partial charge in [-0.15, -0.1) is 0 Å². The standard InChI is InChI=1S/C10H19F3N2O2/c1-2-15(7-10(11,12)13)6-4-3-5-8(14)9(16)17/h8H,2-7,14H2,1H3,(H,16,17)/t8-/m0/s1. The molecule has 0 heterocycles. The van der Waals surface area contributed by atoms with Crippen LogP contribution in [0.15, 0.2) is 0 Å². The minimum Gasteiger partial charge on any atom is -0.480 e. The van der Waals surface area contributed by atoms with Gasteiger partial charge < -0.3 is 10.8 Å². The highest BCUT2D eigenvalue weighted by atomic mass is 19.4. The van der Waals surface area contributed by atoms with Gasteiger partial charge in [-0.1, -0.05) is 13.3 Å². The van der Waals surface area contributed by atoms with Crippen LogP contribution < -0.4 is 5.73 Å². The number of hydrogen-bond donors (Lipinski definition) is 2. The summed E-state index contributed by atoms with van der Waals surface area (Å²) in [6.45, 7) is 1.37. The van der Waals surface area contributed by atoms with Crippen molar-refractivity contribution in [2.45, 2.75) is 38.4 Å². The zero-order chi connectivity index (χ0) is 13.5. The predicted octanol–water partition coefficient (Wildman–Crippen LogP) is 1.45. The summed E-state index contributed by atoms with van der Waals surface area (Å²) in [6, 6.07) is -0.923. The van der Waals surface area contributed by atoms with Crippen molar-refractivity contribution >= 4 is 5.97 Å². The first-order valence-electron chi connectivity index (χ1n) is 5.53. The summed E-state index contributed by atoms with van der Waals surface area (Å²) in [7, 11) is 0. The Labute approximate surface area is 98.6 Å². The molecular weight excluding hydrogens is 237 g/mol. The number of nitrogens with zero attached hydrogens (tertiary/aromatic N) is 1. The van der Waals surface area contributed by atoms with Gasteiger partial charge >= 0.3 is 12.1 Å². The molecule has 0 radical (unpaired) electrons. The van der Waals surface area contributed by atoms with Crippen molar-refractivity contribution in [3.8, 4) is 0 Å². The minimum absolute atomic E-state index is 0.291. The maximum absolute atomic E-state index is 12.1. The normalized spacial score (nSPS) is 14.0. The van der Waals surface area contributed by atoms with Gasteiger partial charge in [-0.2, -0.15) is 13.2 Å². The van der Waals surface area contributed by atoms with Crippen LogP contribution in [-0.4, -0.2) is 47.8 Å². The molecule has 102 valence electrons. The number of alkyl halides is 3. The Hall–Kier alpha value is -0.820. The van der Waals surface area contributed by atoms with Gasteiger partial charge in [-0.3, -0.25) is 9.69 Å². The van der Waals surface area contributed by atoms with Gasteiger partial charge in [-0.25, -0.2) is 0 Å². The summed E-state index contributed by atoms with van der Waals surface area (Å²) in [5.74, 6) is -1.08. The fraction of sp³-hybridized carbons (Fsp3) is 0.900. The molecule has 0 spiro atoms. The number of unbranched alkanes of at least 4 members (excludes halogenated alkanes) is 1. The number of carbonyl (C=O) groups is 1. The van der Waals surface area contributed by atoms with Gasteiger partial charge in [-0.05, 0) is 25.9 Å². The second kappa shape index (κ2) is 7.50. The van der Waals surface area contributed by atoms with Crippen LogP contribution in [0.2, 0.25) is 0 Å². The second-order valence-corrected chi connectivity index (χ2v) is 3.92. The molecule has 0 aromatic carbocycles. The molecule has 3 N–H and O–H groups in total. The predicted molar refractivity (Wildman–Crippen MR) is 57.6 cm³/mol. The summed E-state index contributed by atoms with van der Waals surface area (Å²) < 4.78 is 36.3. The van der Waals surface area contributed by atoms with E-state index in [1.807, 2.05) is 0 Å². The summed E-state index contributed by atoms with van der Waals surface area (Å²) in [5, 5.41) is 8.51. The SMILES string of the molecule is CCN(CCCC[C@H](N)C(=O)O)CC(F)(F)F. The van der Waals surface area contributed by atoms with E-state index in [1.54, 1.807) is 6.92 Å². The largest absolute Gasteiger partial charge is 0.480 e. The van der Waals surface area contributed by atoms with Gasteiger partial charge in [0.2, 0.25) is 0 Å². The highest BCUT2D eigenvalue weighted by Gasteiger charge is 2.29. The van der Waals surface area contributed by atoms with Gasteiger partial charge in [0.1, 0.15) is 6.04 Å². The lowest BCUT2D eigenvalue weighted by Gasteiger charge is -2.21. The van der Waals surface area contributed by atoms with Crippen LogP contribution in [-0.2, 0) is 4.79 Å². The number of carboxylic acids is 1. The van der Waals surface area contributed by atoms with E-state index in [2.05, 4.69) is 0 Å². The van der Waals surface area contributed by atoms with Crippen LogP contribution in [0, 0.1) is 0 Å². The summed E-state index contributed by atoms with van der Waals surface area (Å²) in [6.07, 6.45) is -2.86. The number of halogens is 3. The van der Waals surface area contributed by atoms with E-state index in [1.165, 1.54) is 4.90 Å². The molecule has 0 fully saturated rings. The van der Waals surface area contributed by atoms with E-state index in [9.17, 15) is 18.0 Å². The monoisotopic (exact) mass is 256 g/mol. The van der Waals surface area contributed by atoms with E-state index >= 15 is 0 Å². The third kappa shape index (κ3) is 8.93. The Kier molecular flexibility index (Phi) is 7.13. The quantitative estimate of drug-likeness (QED) is 0.645. The first-order chi connectivity index (χ1) is 7.76.